The summed E-state index contributed by atoms with van der Waals surface area (Å²) in [5.41, 5.74) is 0. The van der Waals surface area contributed by atoms with Crippen molar-refractivity contribution >= 4 is 29.9 Å². The van der Waals surface area contributed by atoms with Crippen LogP contribution >= 0.6 is 29.9 Å². The zero-order chi connectivity index (χ0) is 32.8. The van der Waals surface area contributed by atoms with Crippen molar-refractivity contribution < 1.29 is 51.2 Å². The van der Waals surface area contributed by atoms with E-state index in [2.05, 4.69) is 32.2 Å². The zero-order valence-electron chi connectivity index (χ0n) is 27.4. The minimum Gasteiger partial charge on any atom is -0.391 e. The molecule has 0 aliphatic heterocycles. The van der Waals surface area contributed by atoms with Gasteiger partial charge in [-0.3, -0.25) is 18.2 Å². The molecule has 15 heteroatoms. The second-order valence-corrected chi connectivity index (χ2v) is 20.6. The molecule has 0 aliphatic rings. The lowest BCUT2D eigenvalue weighted by Crippen LogP contribution is -2.12. The first kappa shape index (κ1) is 47.6. The van der Waals surface area contributed by atoms with Crippen molar-refractivity contribution in [3.63, 3.8) is 0 Å². The van der Waals surface area contributed by atoms with Gasteiger partial charge in [0.05, 0.1) is 32.5 Å². The molecule has 0 unspecified atom stereocenters. The molecule has 0 spiro atoms. The third-order valence-electron chi connectivity index (χ3n) is 5.01. The third-order valence-corrected chi connectivity index (χ3v) is 7.81. The molecule has 248 valence electrons. The Hall–Kier alpha value is 0.640. The van der Waals surface area contributed by atoms with Gasteiger partial charge in [-0.15, -0.1) is 0 Å². The van der Waals surface area contributed by atoms with Crippen molar-refractivity contribution in [2.75, 3.05) is 66.4 Å². The van der Waals surface area contributed by atoms with Gasteiger partial charge in [-0.25, -0.2) is 4.57 Å². The van der Waals surface area contributed by atoms with Crippen LogP contribution in [0.1, 0.15) is 74.1 Å². The second kappa shape index (κ2) is 25.0. The van der Waals surface area contributed by atoms with Crippen LogP contribution in [0.15, 0.2) is 0 Å². The maximum atomic E-state index is 11.0. The minimum atomic E-state index is -4.23. The van der Waals surface area contributed by atoms with E-state index < -0.39 is 36.0 Å². The first-order valence-electron chi connectivity index (χ1n) is 13.8. The molecule has 4 atom stereocenters. The highest BCUT2D eigenvalue weighted by Gasteiger charge is 2.14. The fraction of sp³-hybridized carbons (Fsp3) is 1.00. The fourth-order valence-corrected chi connectivity index (χ4v) is 3.78. The van der Waals surface area contributed by atoms with Crippen LogP contribution in [-0.2, 0) is 36.4 Å². The van der Waals surface area contributed by atoms with E-state index in [0.717, 1.165) is 19.3 Å². The predicted molar refractivity (Wildman–Crippen MR) is 169 cm³/mol. The SMILES string of the molecule is CC[C@@H](C)COP(=O)(O)O.CC[C@@H](C)COP(C)(C)=O.CC[C@@H](C)COP(C)(C)=O.CC[C@@H](O)COP(C)(C)=O. The lowest BCUT2D eigenvalue weighted by atomic mass is 10.1. The highest BCUT2D eigenvalue weighted by molar-refractivity contribution is 7.57. The van der Waals surface area contributed by atoms with E-state index in [-0.39, 0.29) is 19.1 Å². The van der Waals surface area contributed by atoms with Gasteiger partial charge in [0.1, 0.15) is 0 Å². The van der Waals surface area contributed by atoms with Crippen LogP contribution in [0.2, 0.25) is 0 Å². The van der Waals surface area contributed by atoms with E-state index in [4.69, 9.17) is 28.5 Å². The lowest BCUT2D eigenvalue weighted by Gasteiger charge is -2.11. The summed E-state index contributed by atoms with van der Waals surface area (Å²) in [4.78, 5) is 16.5. The molecule has 0 saturated heterocycles. The lowest BCUT2D eigenvalue weighted by molar-refractivity contribution is 0.107. The summed E-state index contributed by atoms with van der Waals surface area (Å²) in [6.45, 7) is 25.3. The number of hydrogen-bond acceptors (Lipinski definition) is 9. The second-order valence-electron chi connectivity index (χ2n) is 11.0. The fourth-order valence-electron chi connectivity index (χ4n) is 1.57. The molecule has 0 fully saturated rings. The van der Waals surface area contributed by atoms with Crippen LogP contribution in [0, 0.1) is 17.8 Å². The molecule has 0 saturated carbocycles. The Bertz CT molecular complexity index is 643. The Kier molecular flexibility index (Phi) is 29.7. The average Bonchev–Trinajstić information content (AvgIpc) is 2.82. The van der Waals surface area contributed by atoms with Crippen molar-refractivity contribution in [2.24, 2.45) is 17.8 Å². The molecule has 0 aliphatic carbocycles. The van der Waals surface area contributed by atoms with E-state index in [0.29, 0.717) is 31.5 Å². The first-order chi connectivity index (χ1) is 17.8. The van der Waals surface area contributed by atoms with Gasteiger partial charge in [-0.1, -0.05) is 67.7 Å². The predicted octanol–water partition coefficient (Wildman–Crippen LogP) is 7.63. The summed E-state index contributed by atoms with van der Waals surface area (Å²) >= 11 is 0. The largest absolute Gasteiger partial charge is 0.469 e. The summed E-state index contributed by atoms with van der Waals surface area (Å²) in [6, 6.07) is 0. The Balaban J connectivity index is -0.000000216. The molecule has 0 bridgehead atoms. The van der Waals surface area contributed by atoms with Crippen molar-refractivity contribution in [2.45, 2.75) is 80.3 Å². The summed E-state index contributed by atoms with van der Waals surface area (Å²) in [6.07, 6.45) is 3.19. The van der Waals surface area contributed by atoms with E-state index in [1.54, 1.807) is 26.7 Å². The molecular weight excluding hydrogens is 600 g/mol. The average molecular weight is 663 g/mol. The smallest absolute Gasteiger partial charge is 0.391 e. The molecule has 3 N–H and O–H groups in total. The summed E-state index contributed by atoms with van der Waals surface area (Å²) in [5.74, 6) is 1.24. The maximum absolute atomic E-state index is 11.0. The number of hydrogen-bond donors (Lipinski definition) is 3. The van der Waals surface area contributed by atoms with Crippen LogP contribution in [0.3, 0.4) is 0 Å². The first-order valence-corrected chi connectivity index (χ1v) is 22.9. The molecule has 0 aromatic rings. The van der Waals surface area contributed by atoms with Gasteiger partial charge >= 0.3 is 7.82 Å². The van der Waals surface area contributed by atoms with E-state index in [1.165, 1.54) is 13.3 Å². The summed E-state index contributed by atoms with van der Waals surface area (Å²) in [7, 11) is -11.1. The molecule has 0 heterocycles. The Morgan fingerprint density at radius 3 is 0.950 bits per heavy atom. The van der Waals surface area contributed by atoms with Crippen LogP contribution in [0.25, 0.3) is 0 Å². The minimum absolute atomic E-state index is 0.126. The van der Waals surface area contributed by atoms with Crippen LogP contribution < -0.4 is 0 Å². The van der Waals surface area contributed by atoms with Gasteiger partial charge in [0.25, 0.3) is 0 Å². The van der Waals surface area contributed by atoms with Gasteiger partial charge in [-0.05, 0) is 24.2 Å². The van der Waals surface area contributed by atoms with Crippen molar-refractivity contribution in [1.29, 1.82) is 0 Å². The number of rotatable bonds is 16. The quantitative estimate of drug-likeness (QED) is 0.139. The number of aliphatic hydroxyl groups excluding tert-OH is 1. The van der Waals surface area contributed by atoms with Gasteiger partial charge < -0.3 is 28.5 Å². The Morgan fingerprint density at radius 2 is 0.750 bits per heavy atom. The number of phosphoric ester groups is 1. The third kappa shape index (κ3) is 51.4. The molecule has 0 amide bonds. The monoisotopic (exact) mass is 662 g/mol. The zero-order valence-corrected chi connectivity index (χ0v) is 30.9. The maximum Gasteiger partial charge on any atom is 0.469 e. The van der Waals surface area contributed by atoms with Crippen molar-refractivity contribution in [3.8, 4) is 0 Å². The molecule has 0 aromatic heterocycles. The van der Waals surface area contributed by atoms with Crippen molar-refractivity contribution in [1.82, 2.24) is 0 Å². The number of phosphoric acid groups is 1. The Labute approximate surface area is 245 Å². The number of aliphatic hydroxyl groups is 1. The van der Waals surface area contributed by atoms with Gasteiger partial charge in [0, 0.05) is 40.0 Å². The van der Waals surface area contributed by atoms with E-state index in [9.17, 15) is 18.3 Å². The molecule has 0 radical (unpaired) electrons. The highest BCUT2D eigenvalue weighted by Crippen LogP contribution is 2.39. The van der Waals surface area contributed by atoms with E-state index in [1.807, 2.05) is 20.8 Å². The normalized spacial score (nSPS) is 15.2. The standard InChI is InChI=1S/2C7H17O2P.C6H15O3P.C5H13O4P/c2*1-5-7(2)6-9-10(3,4)8;1-4-6(7)5-9-10(2,3)8;1-3-5(2)4-9-10(6,7)8/h2*7H,5-6H2,1-4H3;6-7H,4-5H2,1-3H3;5H,3-4H2,1-2H3,(H2,6,7,8)/t2*7-;6-;5-/m1111/s1. The van der Waals surface area contributed by atoms with Crippen LogP contribution in [0.5, 0.6) is 0 Å². The van der Waals surface area contributed by atoms with Gasteiger partial charge in [0.2, 0.25) is 0 Å². The van der Waals surface area contributed by atoms with Crippen LogP contribution in [-0.4, -0.2) is 87.4 Å². The Morgan fingerprint density at radius 1 is 0.500 bits per heavy atom. The molecule has 0 rings (SSSR count). The molecular formula is C25H62O11P4. The summed E-state index contributed by atoms with van der Waals surface area (Å²) in [5, 5.41) is 8.98. The van der Waals surface area contributed by atoms with Gasteiger partial charge in [0.15, 0.2) is 22.1 Å². The highest BCUT2D eigenvalue weighted by atomic mass is 31.2. The van der Waals surface area contributed by atoms with Crippen molar-refractivity contribution in [3.05, 3.63) is 0 Å². The molecule has 11 nitrogen and oxygen atoms in total. The molecule has 0 aromatic carbocycles. The summed E-state index contributed by atoms with van der Waals surface area (Å²) < 4.78 is 62.5. The van der Waals surface area contributed by atoms with E-state index >= 15 is 0 Å². The van der Waals surface area contributed by atoms with Crippen LogP contribution in [0.4, 0.5) is 0 Å². The topological polar surface area (TPSA) is 166 Å². The molecule has 40 heavy (non-hydrogen) atoms. The van der Waals surface area contributed by atoms with Gasteiger partial charge in [-0.2, -0.15) is 0 Å².